The fourth-order valence-corrected chi connectivity index (χ4v) is 2.81. The lowest BCUT2D eigenvalue weighted by molar-refractivity contribution is 0.262. The first kappa shape index (κ1) is 19.4. The van der Waals surface area contributed by atoms with Crippen LogP contribution >= 0.6 is 11.6 Å². The van der Waals surface area contributed by atoms with E-state index < -0.39 is 0 Å². The maximum atomic E-state index is 12.1. The third-order valence-electron chi connectivity index (χ3n) is 4.00. The number of nitrogens with zero attached hydrogens (tertiary/aromatic N) is 4. The predicted octanol–water partition coefficient (Wildman–Crippen LogP) is 5.06. The van der Waals surface area contributed by atoms with Gasteiger partial charge in [0, 0.05) is 28.7 Å². The summed E-state index contributed by atoms with van der Waals surface area (Å²) in [6.45, 7) is 1.90. The van der Waals surface area contributed by atoms with Crippen molar-refractivity contribution in [2.24, 2.45) is 0 Å². The lowest BCUT2D eigenvalue weighted by atomic mass is 10.3. The van der Waals surface area contributed by atoms with Gasteiger partial charge in [-0.25, -0.2) is 9.48 Å². The molecule has 2 N–H and O–H groups in total. The Balaban J connectivity index is 1.34. The van der Waals surface area contributed by atoms with Gasteiger partial charge in [-0.2, -0.15) is 5.10 Å². The van der Waals surface area contributed by atoms with Crippen molar-refractivity contribution >= 4 is 29.0 Å². The van der Waals surface area contributed by atoms with Gasteiger partial charge < -0.3 is 15.4 Å². The summed E-state index contributed by atoms with van der Waals surface area (Å²) in [6.07, 6.45) is 1.81. The van der Waals surface area contributed by atoms with Crippen molar-refractivity contribution in [1.82, 2.24) is 20.0 Å². The quantitative estimate of drug-likeness (QED) is 0.470. The average molecular weight is 421 g/mol. The topological polar surface area (TPSA) is 94.0 Å². The zero-order valence-electron chi connectivity index (χ0n) is 15.9. The van der Waals surface area contributed by atoms with E-state index >= 15 is 0 Å². The summed E-state index contributed by atoms with van der Waals surface area (Å²) in [5.41, 5.74) is 2.11. The minimum Gasteiger partial charge on any atom is -0.438 e. The molecule has 0 radical (unpaired) electrons. The molecular formula is C21H17ClN6O2. The van der Waals surface area contributed by atoms with Gasteiger partial charge in [0.1, 0.15) is 5.75 Å². The third-order valence-corrected chi connectivity index (χ3v) is 4.24. The second-order valence-electron chi connectivity index (χ2n) is 6.35. The zero-order chi connectivity index (χ0) is 20.9. The summed E-state index contributed by atoms with van der Waals surface area (Å²) in [6, 6.07) is 18.8. The van der Waals surface area contributed by atoms with Gasteiger partial charge in [0.05, 0.1) is 5.69 Å². The largest absolute Gasteiger partial charge is 0.438 e. The van der Waals surface area contributed by atoms with Crippen LogP contribution in [-0.2, 0) is 0 Å². The van der Waals surface area contributed by atoms with Crippen LogP contribution < -0.4 is 15.4 Å². The minimum atomic E-state index is -0.374. The Morgan fingerprint density at radius 3 is 2.43 bits per heavy atom. The van der Waals surface area contributed by atoms with E-state index in [1.807, 2.05) is 19.2 Å². The third kappa shape index (κ3) is 4.92. The van der Waals surface area contributed by atoms with E-state index in [9.17, 15) is 4.79 Å². The highest BCUT2D eigenvalue weighted by molar-refractivity contribution is 6.30. The summed E-state index contributed by atoms with van der Waals surface area (Å²) in [7, 11) is 0. The molecule has 0 aliphatic carbocycles. The molecule has 0 atom stereocenters. The maximum absolute atomic E-state index is 12.1. The van der Waals surface area contributed by atoms with Crippen molar-refractivity contribution in [3.8, 4) is 17.4 Å². The molecule has 0 saturated carbocycles. The Bertz CT molecular complexity index is 1160. The molecule has 0 aliphatic rings. The second kappa shape index (κ2) is 8.62. The van der Waals surface area contributed by atoms with Gasteiger partial charge in [0.2, 0.25) is 5.88 Å². The molecular weight excluding hydrogens is 404 g/mol. The standard InChI is InChI=1S/C21H17ClN6O2/c1-14-11-12-28(27-14)19-9-10-20(26-25-19)30-18-7-5-16(6-8-18)23-21(29)24-17-4-2-3-15(22)13-17/h2-13H,1H3,(H2,23,24,29). The Morgan fingerprint density at radius 1 is 0.967 bits per heavy atom. The number of urea groups is 1. The van der Waals surface area contributed by atoms with E-state index in [2.05, 4.69) is 25.9 Å². The van der Waals surface area contributed by atoms with Crippen molar-refractivity contribution in [3.63, 3.8) is 0 Å². The van der Waals surface area contributed by atoms with Crippen molar-refractivity contribution in [1.29, 1.82) is 0 Å². The minimum absolute atomic E-state index is 0.349. The number of aryl methyl sites for hydroxylation is 1. The zero-order valence-corrected chi connectivity index (χ0v) is 16.7. The molecule has 2 amide bonds. The lowest BCUT2D eigenvalue weighted by Crippen LogP contribution is -2.19. The van der Waals surface area contributed by atoms with Crippen LogP contribution in [0.2, 0.25) is 5.02 Å². The summed E-state index contributed by atoms with van der Waals surface area (Å²) >= 11 is 5.91. The fourth-order valence-electron chi connectivity index (χ4n) is 2.62. The van der Waals surface area contributed by atoms with Gasteiger partial charge in [-0.15, -0.1) is 10.2 Å². The summed E-state index contributed by atoms with van der Waals surface area (Å²) in [5.74, 6) is 1.51. The van der Waals surface area contributed by atoms with Crippen LogP contribution in [0.15, 0.2) is 72.9 Å². The number of nitrogens with one attached hydrogen (secondary N) is 2. The highest BCUT2D eigenvalue weighted by Gasteiger charge is 2.06. The van der Waals surface area contributed by atoms with Crippen LogP contribution in [0, 0.1) is 6.92 Å². The number of anilines is 2. The number of hydrogen-bond acceptors (Lipinski definition) is 5. The Hall–Kier alpha value is -3.91. The molecule has 8 nitrogen and oxygen atoms in total. The Labute approximate surface area is 177 Å². The number of benzene rings is 2. The van der Waals surface area contributed by atoms with Crippen LogP contribution in [0.5, 0.6) is 11.6 Å². The number of aromatic nitrogens is 4. The van der Waals surface area contributed by atoms with Crippen molar-refractivity contribution in [2.75, 3.05) is 10.6 Å². The molecule has 2 heterocycles. The lowest BCUT2D eigenvalue weighted by Gasteiger charge is -2.09. The van der Waals surface area contributed by atoms with Gasteiger partial charge in [-0.05, 0) is 61.5 Å². The van der Waals surface area contributed by atoms with E-state index in [1.165, 1.54) is 0 Å². The highest BCUT2D eigenvalue weighted by Crippen LogP contribution is 2.22. The fraction of sp³-hybridized carbons (Fsp3) is 0.0476. The molecule has 0 fully saturated rings. The molecule has 4 aromatic rings. The number of hydrogen-bond donors (Lipinski definition) is 2. The van der Waals surface area contributed by atoms with Gasteiger partial charge >= 0.3 is 6.03 Å². The van der Waals surface area contributed by atoms with Crippen molar-refractivity contribution in [2.45, 2.75) is 6.92 Å². The molecule has 0 bridgehead atoms. The van der Waals surface area contributed by atoms with Gasteiger partial charge in [-0.1, -0.05) is 17.7 Å². The summed E-state index contributed by atoms with van der Waals surface area (Å²) < 4.78 is 7.34. The molecule has 2 aromatic carbocycles. The van der Waals surface area contributed by atoms with Gasteiger partial charge in [0.15, 0.2) is 5.82 Å². The highest BCUT2D eigenvalue weighted by atomic mass is 35.5. The first-order valence-corrected chi connectivity index (χ1v) is 9.41. The maximum Gasteiger partial charge on any atom is 0.323 e. The number of rotatable bonds is 5. The number of halogens is 1. The first-order chi connectivity index (χ1) is 14.5. The van der Waals surface area contributed by atoms with Crippen LogP contribution in [-0.4, -0.2) is 26.0 Å². The number of carbonyl (C=O) groups excluding carboxylic acids is 1. The Kier molecular flexibility index (Phi) is 5.58. The molecule has 2 aromatic heterocycles. The van der Waals surface area contributed by atoms with Crippen molar-refractivity contribution < 1.29 is 9.53 Å². The summed E-state index contributed by atoms with van der Waals surface area (Å²) in [4.78, 5) is 12.1. The van der Waals surface area contributed by atoms with E-state index in [-0.39, 0.29) is 6.03 Å². The molecule has 0 aliphatic heterocycles. The molecule has 30 heavy (non-hydrogen) atoms. The van der Waals surface area contributed by atoms with E-state index in [1.54, 1.807) is 65.3 Å². The van der Waals surface area contributed by atoms with Gasteiger partial charge in [-0.3, -0.25) is 0 Å². The number of amides is 2. The van der Waals surface area contributed by atoms with E-state index in [4.69, 9.17) is 16.3 Å². The average Bonchev–Trinajstić information content (AvgIpc) is 3.16. The molecule has 0 unspecified atom stereocenters. The van der Waals surface area contributed by atoms with Gasteiger partial charge in [0.25, 0.3) is 0 Å². The molecule has 0 spiro atoms. The van der Waals surface area contributed by atoms with Crippen LogP contribution in [0.4, 0.5) is 16.2 Å². The van der Waals surface area contributed by atoms with Crippen LogP contribution in [0.3, 0.4) is 0 Å². The molecule has 0 saturated heterocycles. The van der Waals surface area contributed by atoms with Crippen LogP contribution in [0.25, 0.3) is 5.82 Å². The smallest absolute Gasteiger partial charge is 0.323 e. The molecule has 4 rings (SSSR count). The first-order valence-electron chi connectivity index (χ1n) is 9.03. The van der Waals surface area contributed by atoms with Crippen molar-refractivity contribution in [3.05, 3.63) is 83.6 Å². The SMILES string of the molecule is Cc1ccn(-c2ccc(Oc3ccc(NC(=O)Nc4cccc(Cl)c4)cc3)nn2)n1. The molecule has 150 valence electrons. The van der Waals surface area contributed by atoms with E-state index in [0.717, 1.165) is 5.69 Å². The van der Waals surface area contributed by atoms with E-state index in [0.29, 0.717) is 33.8 Å². The molecule has 9 heteroatoms. The van der Waals surface area contributed by atoms with Crippen LogP contribution in [0.1, 0.15) is 5.69 Å². The number of carbonyl (C=O) groups is 1. The Morgan fingerprint density at radius 2 is 1.77 bits per heavy atom. The summed E-state index contributed by atoms with van der Waals surface area (Å²) in [5, 5.41) is 18.5. The monoisotopic (exact) mass is 420 g/mol. The number of ether oxygens (including phenoxy) is 1. The predicted molar refractivity (Wildman–Crippen MR) is 115 cm³/mol. The normalized spacial score (nSPS) is 10.5. The second-order valence-corrected chi connectivity index (χ2v) is 6.78.